The number of phenols is 1. The van der Waals surface area contributed by atoms with Crippen molar-refractivity contribution in [3.05, 3.63) is 64.4 Å². The average molecular weight is 308 g/mol. The third-order valence-electron chi connectivity index (χ3n) is 3.44. The van der Waals surface area contributed by atoms with Crippen LogP contribution in [-0.2, 0) is 0 Å². The van der Waals surface area contributed by atoms with Crippen molar-refractivity contribution in [3.8, 4) is 5.75 Å². The van der Waals surface area contributed by atoms with Crippen molar-refractivity contribution in [2.24, 2.45) is 0 Å². The lowest BCUT2D eigenvalue weighted by Crippen LogP contribution is -2.30. The molecule has 0 aliphatic heterocycles. The van der Waals surface area contributed by atoms with Crippen molar-refractivity contribution < 1.29 is 14.3 Å². The summed E-state index contributed by atoms with van der Waals surface area (Å²) >= 11 is 5.69. The molecule has 0 heterocycles. The molecule has 110 valence electrons. The Morgan fingerprint density at radius 2 is 1.86 bits per heavy atom. The highest BCUT2D eigenvalue weighted by atomic mass is 35.5. The van der Waals surface area contributed by atoms with Crippen LogP contribution in [0.4, 0.5) is 4.39 Å². The summed E-state index contributed by atoms with van der Waals surface area (Å²) < 4.78 is 13.8. The summed E-state index contributed by atoms with van der Waals surface area (Å²) in [6.45, 7) is 1.83. The minimum Gasteiger partial charge on any atom is -0.508 e. The Balaban J connectivity index is 2.24. The van der Waals surface area contributed by atoms with Crippen LogP contribution in [0, 0.1) is 5.82 Å². The molecule has 0 saturated carbocycles. The van der Waals surface area contributed by atoms with Crippen LogP contribution in [0.2, 0.25) is 5.02 Å². The fourth-order valence-electron chi connectivity index (χ4n) is 2.01. The summed E-state index contributed by atoms with van der Waals surface area (Å²) in [5.41, 5.74) is 0.825. The smallest absolute Gasteiger partial charge is 0.257 e. The van der Waals surface area contributed by atoms with Crippen LogP contribution in [0.5, 0.6) is 5.75 Å². The topological polar surface area (TPSA) is 40.5 Å². The summed E-state index contributed by atoms with van der Waals surface area (Å²) in [6.07, 6.45) is 0. The first-order valence-electron chi connectivity index (χ1n) is 6.41. The van der Waals surface area contributed by atoms with Gasteiger partial charge in [-0.15, -0.1) is 0 Å². The average Bonchev–Trinajstić information content (AvgIpc) is 2.46. The molecule has 5 heteroatoms. The van der Waals surface area contributed by atoms with Gasteiger partial charge in [-0.1, -0.05) is 23.7 Å². The molecule has 0 bridgehead atoms. The fourth-order valence-corrected chi connectivity index (χ4v) is 2.16. The molecule has 0 fully saturated rings. The molecular weight excluding hydrogens is 293 g/mol. The molecule has 1 unspecified atom stereocenters. The second kappa shape index (κ2) is 6.14. The number of halogens is 2. The number of amides is 1. The fraction of sp³-hybridized carbons (Fsp3) is 0.188. The Hall–Kier alpha value is -2.07. The van der Waals surface area contributed by atoms with E-state index in [1.54, 1.807) is 31.3 Å². The Bertz CT molecular complexity index is 658. The molecule has 0 aromatic heterocycles. The van der Waals surface area contributed by atoms with E-state index in [0.29, 0.717) is 0 Å². The molecule has 2 rings (SSSR count). The number of rotatable bonds is 3. The summed E-state index contributed by atoms with van der Waals surface area (Å²) in [6, 6.07) is 10.3. The van der Waals surface area contributed by atoms with Crippen molar-refractivity contribution in [1.82, 2.24) is 4.90 Å². The molecule has 0 aliphatic rings. The minimum atomic E-state index is -0.641. The zero-order chi connectivity index (χ0) is 15.6. The molecule has 1 atom stereocenters. The molecule has 1 N–H and O–H groups in total. The van der Waals surface area contributed by atoms with Crippen LogP contribution in [0.1, 0.15) is 28.9 Å². The molecule has 2 aromatic rings. The maximum atomic E-state index is 13.8. The lowest BCUT2D eigenvalue weighted by atomic mass is 10.1. The van der Waals surface area contributed by atoms with Gasteiger partial charge in [0.25, 0.3) is 5.91 Å². The number of benzene rings is 2. The van der Waals surface area contributed by atoms with Gasteiger partial charge in [-0.25, -0.2) is 4.39 Å². The van der Waals surface area contributed by atoms with Gasteiger partial charge in [0, 0.05) is 12.1 Å². The third kappa shape index (κ3) is 3.34. The van der Waals surface area contributed by atoms with E-state index >= 15 is 0 Å². The zero-order valence-corrected chi connectivity index (χ0v) is 12.4. The number of carbonyl (C=O) groups excluding carboxylic acids is 1. The summed E-state index contributed by atoms with van der Waals surface area (Å²) in [5.74, 6) is -0.911. The SMILES string of the molecule is CC(c1ccc(O)cc1)N(C)C(=O)c1ccc(Cl)cc1F. The first-order valence-corrected chi connectivity index (χ1v) is 6.79. The van der Waals surface area contributed by atoms with Crippen molar-refractivity contribution in [2.45, 2.75) is 13.0 Å². The Morgan fingerprint density at radius 1 is 1.24 bits per heavy atom. The van der Waals surface area contributed by atoms with Crippen LogP contribution in [0.25, 0.3) is 0 Å². The molecule has 1 amide bonds. The first kappa shape index (κ1) is 15.3. The molecule has 3 nitrogen and oxygen atoms in total. The molecule has 0 spiro atoms. The molecular formula is C16H15ClFNO2. The molecule has 0 aliphatic carbocycles. The Kier molecular flexibility index (Phi) is 4.48. The van der Waals surface area contributed by atoms with E-state index in [4.69, 9.17) is 11.6 Å². The van der Waals surface area contributed by atoms with E-state index in [1.807, 2.05) is 6.92 Å². The maximum Gasteiger partial charge on any atom is 0.257 e. The van der Waals surface area contributed by atoms with Crippen LogP contribution in [-0.4, -0.2) is 23.0 Å². The molecule has 0 radical (unpaired) electrons. The zero-order valence-electron chi connectivity index (χ0n) is 11.7. The number of aromatic hydroxyl groups is 1. The molecule has 2 aromatic carbocycles. The van der Waals surface area contributed by atoms with Gasteiger partial charge in [0.05, 0.1) is 11.6 Å². The maximum absolute atomic E-state index is 13.8. The normalized spacial score (nSPS) is 12.0. The standard InChI is InChI=1S/C16H15ClFNO2/c1-10(11-3-6-13(20)7-4-11)19(2)16(21)14-8-5-12(17)9-15(14)18/h3-10,20H,1-2H3. The number of hydrogen-bond donors (Lipinski definition) is 1. The lowest BCUT2D eigenvalue weighted by Gasteiger charge is -2.25. The van der Waals surface area contributed by atoms with Crippen molar-refractivity contribution in [3.63, 3.8) is 0 Å². The lowest BCUT2D eigenvalue weighted by molar-refractivity contribution is 0.0738. The van der Waals surface area contributed by atoms with Crippen LogP contribution < -0.4 is 0 Å². The predicted octanol–water partition coefficient (Wildman–Crippen LogP) is 4.02. The van der Waals surface area contributed by atoms with Crippen molar-refractivity contribution in [1.29, 1.82) is 0 Å². The Labute approximate surface area is 127 Å². The monoisotopic (exact) mass is 307 g/mol. The molecule has 21 heavy (non-hydrogen) atoms. The van der Waals surface area contributed by atoms with Gasteiger partial charge < -0.3 is 10.0 Å². The van der Waals surface area contributed by atoms with E-state index in [-0.39, 0.29) is 22.4 Å². The largest absolute Gasteiger partial charge is 0.508 e. The van der Waals surface area contributed by atoms with E-state index in [2.05, 4.69) is 0 Å². The number of nitrogens with zero attached hydrogens (tertiary/aromatic N) is 1. The van der Waals surface area contributed by atoms with Gasteiger partial charge in [-0.3, -0.25) is 4.79 Å². The second-order valence-corrected chi connectivity index (χ2v) is 5.24. The van der Waals surface area contributed by atoms with Gasteiger partial charge >= 0.3 is 0 Å². The van der Waals surface area contributed by atoms with Crippen LogP contribution in [0.3, 0.4) is 0 Å². The van der Waals surface area contributed by atoms with Gasteiger partial charge in [0.2, 0.25) is 0 Å². The predicted molar refractivity (Wildman–Crippen MR) is 80.0 cm³/mol. The first-order chi connectivity index (χ1) is 9.90. The van der Waals surface area contributed by atoms with Crippen LogP contribution in [0.15, 0.2) is 42.5 Å². The van der Waals surface area contributed by atoms with Crippen molar-refractivity contribution in [2.75, 3.05) is 7.05 Å². The highest BCUT2D eigenvalue weighted by Crippen LogP contribution is 2.24. The quantitative estimate of drug-likeness (QED) is 0.930. The van der Waals surface area contributed by atoms with Gasteiger partial charge in [0.15, 0.2) is 0 Å². The third-order valence-corrected chi connectivity index (χ3v) is 3.67. The summed E-state index contributed by atoms with van der Waals surface area (Å²) in [5, 5.41) is 9.53. The number of phenolic OH excluding ortho intramolecular Hbond substituents is 1. The van der Waals surface area contributed by atoms with Gasteiger partial charge in [-0.2, -0.15) is 0 Å². The van der Waals surface area contributed by atoms with Gasteiger partial charge in [-0.05, 0) is 42.8 Å². The second-order valence-electron chi connectivity index (χ2n) is 4.81. The Morgan fingerprint density at radius 3 is 2.43 bits per heavy atom. The summed E-state index contributed by atoms with van der Waals surface area (Å²) in [7, 11) is 1.61. The van der Waals surface area contributed by atoms with Crippen molar-refractivity contribution >= 4 is 17.5 Å². The van der Waals surface area contributed by atoms with E-state index < -0.39 is 11.7 Å². The molecule has 0 saturated heterocycles. The highest BCUT2D eigenvalue weighted by molar-refractivity contribution is 6.30. The van der Waals surface area contributed by atoms with E-state index in [1.165, 1.54) is 17.0 Å². The summed E-state index contributed by atoms with van der Waals surface area (Å²) in [4.78, 5) is 13.8. The van der Waals surface area contributed by atoms with E-state index in [0.717, 1.165) is 11.6 Å². The number of hydrogen-bond acceptors (Lipinski definition) is 2. The van der Waals surface area contributed by atoms with Gasteiger partial charge in [0.1, 0.15) is 11.6 Å². The highest BCUT2D eigenvalue weighted by Gasteiger charge is 2.21. The number of carbonyl (C=O) groups is 1. The van der Waals surface area contributed by atoms with Crippen LogP contribution >= 0.6 is 11.6 Å². The minimum absolute atomic E-state index is 0.0208. The van der Waals surface area contributed by atoms with E-state index in [9.17, 15) is 14.3 Å².